The van der Waals surface area contributed by atoms with Crippen molar-refractivity contribution in [1.29, 1.82) is 0 Å². The highest BCUT2D eigenvalue weighted by molar-refractivity contribution is 9.10. The summed E-state index contributed by atoms with van der Waals surface area (Å²) >= 11 is 3.48. The van der Waals surface area contributed by atoms with Gasteiger partial charge in [0.25, 0.3) is 5.91 Å². The van der Waals surface area contributed by atoms with Crippen LogP contribution in [0, 0.1) is 0 Å². The molecular weight excluding hydrogens is 382 g/mol. The van der Waals surface area contributed by atoms with Crippen molar-refractivity contribution in [2.45, 2.75) is 31.7 Å². The summed E-state index contributed by atoms with van der Waals surface area (Å²) < 4.78 is 11.7. The summed E-state index contributed by atoms with van der Waals surface area (Å²) in [5.74, 6) is 1.05. The van der Waals surface area contributed by atoms with E-state index in [0.717, 1.165) is 24.8 Å². The lowest BCUT2D eigenvalue weighted by atomic mass is 9.71. The normalized spacial score (nSPS) is 15.2. The fraction of sp³-hybridized carbons (Fsp3) is 0.350. The van der Waals surface area contributed by atoms with Crippen molar-refractivity contribution in [2.24, 2.45) is 0 Å². The third-order valence-corrected chi connectivity index (χ3v) is 5.26. The lowest BCUT2D eigenvalue weighted by Crippen LogP contribution is -2.50. The zero-order valence-electron chi connectivity index (χ0n) is 14.5. The van der Waals surface area contributed by atoms with Gasteiger partial charge in [-0.25, -0.2) is 0 Å². The van der Waals surface area contributed by atoms with Crippen molar-refractivity contribution in [3.63, 3.8) is 0 Å². The number of methoxy groups -OCH3 is 1. The van der Waals surface area contributed by atoms with Gasteiger partial charge in [0, 0.05) is 5.56 Å². The molecule has 2 aromatic carbocycles. The van der Waals surface area contributed by atoms with Gasteiger partial charge in [0.05, 0.1) is 23.7 Å². The summed E-state index contributed by atoms with van der Waals surface area (Å²) in [6.45, 7) is 2.43. The van der Waals surface area contributed by atoms with Crippen molar-refractivity contribution >= 4 is 21.8 Å². The van der Waals surface area contributed by atoms with Crippen LogP contribution in [-0.4, -0.2) is 19.6 Å². The second-order valence-electron chi connectivity index (χ2n) is 6.18. The molecule has 0 bridgehead atoms. The third-order valence-electron chi connectivity index (χ3n) is 4.67. The quantitative estimate of drug-likeness (QED) is 0.762. The molecule has 0 saturated heterocycles. The molecule has 0 aliphatic heterocycles. The van der Waals surface area contributed by atoms with Crippen LogP contribution in [0.2, 0.25) is 0 Å². The van der Waals surface area contributed by atoms with Gasteiger partial charge in [0.15, 0.2) is 11.5 Å². The van der Waals surface area contributed by atoms with Crippen molar-refractivity contribution in [1.82, 2.24) is 5.32 Å². The van der Waals surface area contributed by atoms with Gasteiger partial charge in [-0.3, -0.25) is 4.79 Å². The topological polar surface area (TPSA) is 47.6 Å². The molecule has 132 valence electrons. The molecule has 0 atom stereocenters. The minimum atomic E-state index is -0.267. The molecule has 1 aliphatic rings. The molecule has 2 aromatic rings. The highest BCUT2D eigenvalue weighted by Crippen LogP contribution is 2.42. The van der Waals surface area contributed by atoms with Crippen LogP contribution in [0.4, 0.5) is 0 Å². The number of carbonyl (C=O) groups is 1. The van der Waals surface area contributed by atoms with E-state index in [1.807, 2.05) is 25.1 Å². The molecule has 4 nitrogen and oxygen atoms in total. The number of amides is 1. The van der Waals surface area contributed by atoms with Crippen LogP contribution in [0.25, 0.3) is 0 Å². The molecule has 0 unspecified atom stereocenters. The lowest BCUT2D eigenvalue weighted by molar-refractivity contribution is 0.0823. The summed E-state index contributed by atoms with van der Waals surface area (Å²) in [6, 6.07) is 13.7. The van der Waals surface area contributed by atoms with E-state index in [2.05, 4.69) is 33.4 Å². The third kappa shape index (κ3) is 3.52. The second kappa shape index (κ2) is 7.48. The first kappa shape index (κ1) is 17.8. The van der Waals surface area contributed by atoms with E-state index in [9.17, 15) is 4.79 Å². The molecule has 0 spiro atoms. The predicted octanol–water partition coefficient (Wildman–Crippen LogP) is 4.67. The Morgan fingerprint density at radius 2 is 1.96 bits per heavy atom. The summed E-state index contributed by atoms with van der Waals surface area (Å²) in [7, 11) is 1.57. The largest absolute Gasteiger partial charge is 0.493 e. The number of hydrogen-bond acceptors (Lipinski definition) is 3. The van der Waals surface area contributed by atoms with Crippen LogP contribution in [0.5, 0.6) is 11.5 Å². The lowest BCUT2D eigenvalue weighted by Gasteiger charge is -2.43. The highest BCUT2D eigenvalue weighted by Gasteiger charge is 2.40. The van der Waals surface area contributed by atoms with E-state index < -0.39 is 0 Å². The van der Waals surface area contributed by atoms with Gasteiger partial charge in [0.2, 0.25) is 0 Å². The number of carbonyl (C=O) groups excluding carboxylic acids is 1. The zero-order valence-corrected chi connectivity index (χ0v) is 16.1. The van der Waals surface area contributed by atoms with E-state index in [1.165, 1.54) is 0 Å². The van der Waals surface area contributed by atoms with E-state index in [0.29, 0.717) is 28.1 Å². The molecule has 1 saturated carbocycles. The Morgan fingerprint density at radius 3 is 2.52 bits per heavy atom. The number of ether oxygens (including phenoxy) is 2. The Kier molecular flexibility index (Phi) is 5.33. The van der Waals surface area contributed by atoms with Crippen molar-refractivity contribution < 1.29 is 14.3 Å². The highest BCUT2D eigenvalue weighted by atomic mass is 79.9. The molecule has 0 heterocycles. The maximum Gasteiger partial charge on any atom is 0.252 e. The maximum atomic E-state index is 12.9. The molecule has 5 heteroatoms. The van der Waals surface area contributed by atoms with Crippen LogP contribution in [0.15, 0.2) is 46.9 Å². The molecule has 1 aliphatic carbocycles. The molecule has 3 rings (SSSR count). The second-order valence-corrected chi connectivity index (χ2v) is 7.03. The van der Waals surface area contributed by atoms with E-state index in [4.69, 9.17) is 9.47 Å². The molecule has 25 heavy (non-hydrogen) atoms. The molecule has 1 fully saturated rings. The molecule has 0 radical (unpaired) electrons. The van der Waals surface area contributed by atoms with E-state index >= 15 is 0 Å². The van der Waals surface area contributed by atoms with E-state index in [-0.39, 0.29) is 11.4 Å². The summed E-state index contributed by atoms with van der Waals surface area (Å²) in [5.41, 5.74) is 1.44. The zero-order chi connectivity index (χ0) is 17.9. The first-order valence-corrected chi connectivity index (χ1v) is 9.27. The van der Waals surface area contributed by atoms with Gasteiger partial charge in [-0.1, -0.05) is 30.3 Å². The number of rotatable bonds is 6. The molecule has 1 N–H and O–H groups in total. The average Bonchev–Trinajstić information content (AvgIpc) is 2.60. The summed E-state index contributed by atoms with van der Waals surface area (Å²) in [6.07, 6.45) is 3.03. The fourth-order valence-electron chi connectivity index (χ4n) is 3.20. The van der Waals surface area contributed by atoms with E-state index in [1.54, 1.807) is 19.2 Å². The monoisotopic (exact) mass is 403 g/mol. The first-order valence-electron chi connectivity index (χ1n) is 8.48. The Balaban J connectivity index is 1.87. The van der Waals surface area contributed by atoms with Gasteiger partial charge >= 0.3 is 0 Å². The van der Waals surface area contributed by atoms with Crippen LogP contribution >= 0.6 is 15.9 Å². The Labute approximate surface area is 156 Å². The van der Waals surface area contributed by atoms with Gasteiger partial charge in [-0.2, -0.15) is 0 Å². The van der Waals surface area contributed by atoms with Gasteiger partial charge < -0.3 is 14.8 Å². The Bertz CT molecular complexity index is 757. The van der Waals surface area contributed by atoms with Gasteiger partial charge in [-0.15, -0.1) is 0 Å². The smallest absolute Gasteiger partial charge is 0.252 e. The van der Waals surface area contributed by atoms with Crippen LogP contribution < -0.4 is 14.8 Å². The summed E-state index contributed by atoms with van der Waals surface area (Å²) in [4.78, 5) is 12.9. The van der Waals surface area contributed by atoms with Crippen molar-refractivity contribution in [3.8, 4) is 11.5 Å². The maximum absolute atomic E-state index is 12.9. The van der Waals surface area contributed by atoms with Gasteiger partial charge in [0.1, 0.15) is 0 Å². The molecular formula is C20H22BrNO3. The predicted molar refractivity (Wildman–Crippen MR) is 101 cm³/mol. The number of benzene rings is 2. The minimum Gasteiger partial charge on any atom is -0.493 e. The van der Waals surface area contributed by atoms with Gasteiger partial charge in [-0.05, 0) is 59.8 Å². The van der Waals surface area contributed by atoms with Crippen molar-refractivity contribution in [2.75, 3.05) is 13.7 Å². The van der Waals surface area contributed by atoms with Crippen LogP contribution in [0.1, 0.15) is 42.1 Å². The van der Waals surface area contributed by atoms with Crippen LogP contribution in [-0.2, 0) is 5.54 Å². The Hall–Kier alpha value is -2.01. The standard InChI is InChI=1S/C20H22BrNO3/c1-3-25-18-16(21)12-14(13-17(18)24-2)19(23)22-20(10-7-11-20)15-8-5-4-6-9-15/h4-6,8-9,12-13H,3,7,10-11H2,1-2H3,(H,22,23). The molecule has 1 amide bonds. The Morgan fingerprint density at radius 1 is 1.24 bits per heavy atom. The number of nitrogens with one attached hydrogen (secondary N) is 1. The van der Waals surface area contributed by atoms with Crippen molar-refractivity contribution in [3.05, 3.63) is 58.1 Å². The molecule has 0 aromatic heterocycles. The first-order chi connectivity index (χ1) is 12.1. The SMILES string of the molecule is CCOc1c(Br)cc(C(=O)NC2(c3ccccc3)CCC2)cc1OC. The summed E-state index contributed by atoms with van der Waals surface area (Å²) in [5, 5.41) is 3.24. The number of hydrogen-bond donors (Lipinski definition) is 1. The number of halogens is 1. The average molecular weight is 404 g/mol. The fourth-order valence-corrected chi connectivity index (χ4v) is 3.75. The van der Waals surface area contributed by atoms with Crippen LogP contribution in [0.3, 0.4) is 0 Å². The minimum absolute atomic E-state index is 0.106.